The molecule has 0 amide bonds. The van der Waals surface area contributed by atoms with Crippen LogP contribution in [0.2, 0.25) is 0 Å². The number of hydrogen-bond donors (Lipinski definition) is 2. The minimum absolute atomic E-state index is 0.654. The Labute approximate surface area is 100 Å². The van der Waals surface area contributed by atoms with E-state index in [0.717, 1.165) is 30.6 Å². The van der Waals surface area contributed by atoms with Crippen LogP contribution in [0, 0.1) is 0 Å². The molecule has 0 saturated carbocycles. The SMILES string of the molecule is CNC1CCN(c2n[nH]c(CSC)n2)CC1. The largest absolute Gasteiger partial charge is 0.339 e. The van der Waals surface area contributed by atoms with E-state index in [2.05, 4.69) is 31.7 Å². The van der Waals surface area contributed by atoms with E-state index in [-0.39, 0.29) is 0 Å². The Morgan fingerprint density at radius 1 is 1.50 bits per heavy atom. The quantitative estimate of drug-likeness (QED) is 0.818. The third-order valence-electron chi connectivity index (χ3n) is 2.99. The number of H-pyrrole nitrogens is 1. The van der Waals surface area contributed by atoms with Gasteiger partial charge in [-0.25, -0.2) is 0 Å². The van der Waals surface area contributed by atoms with Gasteiger partial charge in [0.15, 0.2) is 0 Å². The van der Waals surface area contributed by atoms with Crippen molar-refractivity contribution in [1.82, 2.24) is 20.5 Å². The molecule has 2 rings (SSSR count). The van der Waals surface area contributed by atoms with E-state index in [1.165, 1.54) is 12.8 Å². The van der Waals surface area contributed by atoms with Crippen molar-refractivity contribution in [2.75, 3.05) is 31.3 Å². The van der Waals surface area contributed by atoms with Gasteiger partial charge in [0.2, 0.25) is 5.95 Å². The Balaban J connectivity index is 1.92. The monoisotopic (exact) mass is 241 g/mol. The molecule has 1 fully saturated rings. The van der Waals surface area contributed by atoms with Crippen LogP contribution in [0.3, 0.4) is 0 Å². The lowest BCUT2D eigenvalue weighted by atomic mass is 10.1. The molecule has 6 heteroatoms. The molecule has 0 spiro atoms. The normalized spacial score (nSPS) is 18.0. The van der Waals surface area contributed by atoms with Crippen LogP contribution in [0.4, 0.5) is 5.95 Å². The van der Waals surface area contributed by atoms with Crippen LogP contribution < -0.4 is 10.2 Å². The molecular formula is C10H19N5S. The number of rotatable bonds is 4. The van der Waals surface area contributed by atoms with Crippen LogP contribution in [0.25, 0.3) is 0 Å². The summed E-state index contributed by atoms with van der Waals surface area (Å²) in [5.74, 6) is 2.73. The highest BCUT2D eigenvalue weighted by molar-refractivity contribution is 7.97. The third-order valence-corrected chi connectivity index (χ3v) is 3.55. The second kappa shape index (κ2) is 5.54. The Morgan fingerprint density at radius 2 is 2.25 bits per heavy atom. The first kappa shape index (κ1) is 11.7. The van der Waals surface area contributed by atoms with Gasteiger partial charge in [0.05, 0.1) is 5.75 Å². The highest BCUT2D eigenvalue weighted by Gasteiger charge is 2.20. The predicted octanol–water partition coefficient (Wildman–Crippen LogP) is 0.856. The van der Waals surface area contributed by atoms with Crippen molar-refractivity contribution in [2.45, 2.75) is 24.6 Å². The molecule has 0 aromatic carbocycles. The average Bonchev–Trinajstić information content (AvgIpc) is 2.78. The standard InChI is InChI=1S/C10H19N5S/c1-11-8-3-5-15(6-4-8)10-12-9(7-16-2)13-14-10/h8,11H,3-7H2,1-2H3,(H,12,13,14). The predicted molar refractivity (Wildman–Crippen MR) is 67.9 cm³/mol. The Bertz CT molecular complexity index is 319. The Morgan fingerprint density at radius 3 is 2.88 bits per heavy atom. The fourth-order valence-electron chi connectivity index (χ4n) is 2.00. The molecule has 2 heterocycles. The highest BCUT2D eigenvalue weighted by atomic mass is 32.2. The van der Waals surface area contributed by atoms with E-state index in [1.54, 1.807) is 11.8 Å². The number of nitrogens with one attached hydrogen (secondary N) is 2. The topological polar surface area (TPSA) is 56.8 Å². The van der Waals surface area contributed by atoms with Crippen molar-refractivity contribution >= 4 is 17.7 Å². The van der Waals surface area contributed by atoms with E-state index < -0.39 is 0 Å². The third kappa shape index (κ3) is 2.68. The first-order chi connectivity index (χ1) is 7.83. The average molecular weight is 241 g/mol. The first-order valence-electron chi connectivity index (χ1n) is 5.66. The summed E-state index contributed by atoms with van der Waals surface area (Å²) in [6.45, 7) is 2.09. The summed E-state index contributed by atoms with van der Waals surface area (Å²) < 4.78 is 0. The number of hydrogen-bond acceptors (Lipinski definition) is 5. The number of aromatic amines is 1. The van der Waals surface area contributed by atoms with Crippen molar-refractivity contribution in [3.63, 3.8) is 0 Å². The Hall–Kier alpha value is -0.750. The zero-order chi connectivity index (χ0) is 11.4. The van der Waals surface area contributed by atoms with Crippen molar-refractivity contribution in [3.05, 3.63) is 5.82 Å². The van der Waals surface area contributed by atoms with Crippen LogP contribution in [-0.2, 0) is 5.75 Å². The lowest BCUT2D eigenvalue weighted by Crippen LogP contribution is -2.41. The minimum atomic E-state index is 0.654. The smallest absolute Gasteiger partial charge is 0.244 e. The second-order valence-corrected chi connectivity index (χ2v) is 4.93. The van der Waals surface area contributed by atoms with Crippen molar-refractivity contribution in [1.29, 1.82) is 0 Å². The molecule has 2 N–H and O–H groups in total. The van der Waals surface area contributed by atoms with Gasteiger partial charge in [-0.1, -0.05) is 0 Å². The molecule has 1 aliphatic rings. The lowest BCUT2D eigenvalue weighted by Gasteiger charge is -2.30. The van der Waals surface area contributed by atoms with Gasteiger partial charge < -0.3 is 10.2 Å². The maximum Gasteiger partial charge on any atom is 0.244 e. The number of aromatic nitrogens is 3. The molecule has 1 aromatic rings. The molecule has 0 bridgehead atoms. The zero-order valence-corrected chi connectivity index (χ0v) is 10.7. The molecule has 0 unspecified atom stereocenters. The molecule has 5 nitrogen and oxygen atoms in total. The highest BCUT2D eigenvalue weighted by Crippen LogP contribution is 2.16. The van der Waals surface area contributed by atoms with Crippen molar-refractivity contribution < 1.29 is 0 Å². The molecule has 16 heavy (non-hydrogen) atoms. The fourth-order valence-corrected chi connectivity index (χ4v) is 2.40. The van der Waals surface area contributed by atoms with Crippen LogP contribution >= 0.6 is 11.8 Å². The lowest BCUT2D eigenvalue weighted by molar-refractivity contribution is 0.439. The second-order valence-electron chi connectivity index (χ2n) is 4.07. The molecule has 0 radical (unpaired) electrons. The first-order valence-corrected chi connectivity index (χ1v) is 7.05. The van der Waals surface area contributed by atoms with E-state index in [9.17, 15) is 0 Å². The number of piperidine rings is 1. The number of anilines is 1. The van der Waals surface area contributed by atoms with Crippen LogP contribution in [0.15, 0.2) is 0 Å². The maximum absolute atomic E-state index is 4.49. The van der Waals surface area contributed by atoms with Gasteiger partial charge in [0.25, 0.3) is 0 Å². The van der Waals surface area contributed by atoms with Crippen molar-refractivity contribution in [2.24, 2.45) is 0 Å². The number of thioether (sulfide) groups is 1. The Kier molecular flexibility index (Phi) is 4.06. The van der Waals surface area contributed by atoms with Gasteiger partial charge in [-0.2, -0.15) is 16.7 Å². The summed E-state index contributed by atoms with van der Waals surface area (Å²) in [5, 5.41) is 10.6. The van der Waals surface area contributed by atoms with Gasteiger partial charge in [-0.05, 0) is 26.1 Å². The van der Waals surface area contributed by atoms with Gasteiger partial charge in [-0.15, -0.1) is 5.10 Å². The molecular weight excluding hydrogens is 222 g/mol. The van der Waals surface area contributed by atoms with Gasteiger partial charge >= 0.3 is 0 Å². The maximum atomic E-state index is 4.49. The van der Waals surface area contributed by atoms with Gasteiger partial charge in [0, 0.05) is 19.1 Å². The minimum Gasteiger partial charge on any atom is -0.339 e. The van der Waals surface area contributed by atoms with E-state index in [1.807, 2.05) is 7.05 Å². The van der Waals surface area contributed by atoms with Crippen LogP contribution in [0.5, 0.6) is 0 Å². The molecule has 90 valence electrons. The van der Waals surface area contributed by atoms with E-state index in [0.29, 0.717) is 6.04 Å². The zero-order valence-electron chi connectivity index (χ0n) is 9.86. The van der Waals surface area contributed by atoms with E-state index in [4.69, 9.17) is 0 Å². The van der Waals surface area contributed by atoms with E-state index >= 15 is 0 Å². The summed E-state index contributed by atoms with van der Waals surface area (Å²) in [4.78, 5) is 6.75. The van der Waals surface area contributed by atoms with Gasteiger partial charge in [-0.3, -0.25) is 5.10 Å². The van der Waals surface area contributed by atoms with Gasteiger partial charge in [0.1, 0.15) is 5.82 Å². The molecule has 1 saturated heterocycles. The van der Waals surface area contributed by atoms with Crippen LogP contribution in [-0.4, -0.2) is 47.6 Å². The summed E-state index contributed by atoms with van der Waals surface area (Å²) >= 11 is 1.76. The summed E-state index contributed by atoms with van der Waals surface area (Å²) in [6, 6.07) is 0.654. The van der Waals surface area contributed by atoms with Crippen molar-refractivity contribution in [3.8, 4) is 0 Å². The molecule has 0 atom stereocenters. The summed E-state index contributed by atoms with van der Waals surface area (Å²) in [7, 11) is 2.03. The summed E-state index contributed by atoms with van der Waals surface area (Å²) in [5.41, 5.74) is 0. The fraction of sp³-hybridized carbons (Fsp3) is 0.800. The van der Waals surface area contributed by atoms with Crippen LogP contribution in [0.1, 0.15) is 18.7 Å². The molecule has 1 aliphatic heterocycles. The molecule has 1 aromatic heterocycles. The summed E-state index contributed by atoms with van der Waals surface area (Å²) in [6.07, 6.45) is 4.41. The molecule has 0 aliphatic carbocycles. The number of nitrogens with zero attached hydrogens (tertiary/aromatic N) is 3.